The molecule has 0 saturated heterocycles. The fourth-order valence-electron chi connectivity index (χ4n) is 2.41. The lowest BCUT2D eigenvalue weighted by molar-refractivity contribution is 0.103. The van der Waals surface area contributed by atoms with Crippen LogP contribution in [0.15, 0.2) is 64.5 Å². The molecule has 0 saturated carbocycles. The fraction of sp³-hybridized carbons (Fsp3) is 0.0526. The molecule has 2 aromatic rings. The molecular formula is C19H13ClN2OS. The van der Waals surface area contributed by atoms with Crippen molar-refractivity contribution in [1.29, 1.82) is 5.26 Å². The summed E-state index contributed by atoms with van der Waals surface area (Å²) in [7, 11) is 0. The van der Waals surface area contributed by atoms with Crippen molar-refractivity contribution in [2.45, 2.75) is 6.92 Å². The van der Waals surface area contributed by atoms with Gasteiger partial charge in [-0.2, -0.15) is 5.26 Å². The van der Waals surface area contributed by atoms with Crippen molar-refractivity contribution < 1.29 is 4.79 Å². The maximum atomic E-state index is 12.7. The predicted molar refractivity (Wildman–Crippen MR) is 98.3 cm³/mol. The van der Waals surface area contributed by atoms with E-state index in [1.54, 1.807) is 24.3 Å². The van der Waals surface area contributed by atoms with E-state index in [1.807, 2.05) is 42.7 Å². The van der Waals surface area contributed by atoms with Gasteiger partial charge in [-0.1, -0.05) is 59.8 Å². The molecule has 0 radical (unpaired) electrons. The van der Waals surface area contributed by atoms with E-state index in [4.69, 9.17) is 11.6 Å². The summed E-state index contributed by atoms with van der Waals surface area (Å²) in [4.78, 5) is 12.7. The molecule has 0 amide bonds. The highest BCUT2D eigenvalue weighted by molar-refractivity contribution is 8.06. The lowest BCUT2D eigenvalue weighted by Gasteiger charge is -2.09. The first kappa shape index (κ1) is 16.4. The zero-order valence-corrected chi connectivity index (χ0v) is 14.4. The number of carbonyl (C=O) groups is 1. The summed E-state index contributed by atoms with van der Waals surface area (Å²) in [6, 6.07) is 16.7. The molecule has 1 N–H and O–H groups in total. The van der Waals surface area contributed by atoms with Crippen molar-refractivity contribution in [3.63, 3.8) is 0 Å². The summed E-state index contributed by atoms with van der Waals surface area (Å²) in [5.74, 6) is -0.377. The number of Topliss-reactive ketones (excluding diaryl/α,β-unsaturated/α-hetero) is 1. The van der Waals surface area contributed by atoms with Crippen LogP contribution in [0, 0.1) is 18.3 Å². The van der Waals surface area contributed by atoms with Crippen LogP contribution in [0.2, 0.25) is 5.02 Å². The summed E-state index contributed by atoms with van der Waals surface area (Å²) in [6.45, 7) is 2.02. The molecule has 1 aliphatic rings. The Morgan fingerprint density at radius 3 is 2.58 bits per heavy atom. The van der Waals surface area contributed by atoms with E-state index >= 15 is 0 Å². The summed E-state index contributed by atoms with van der Waals surface area (Å²) < 4.78 is 0. The number of nitrogens with zero attached hydrogens (tertiary/aromatic N) is 1. The number of allylic oxidation sites excluding steroid dienone is 1. The Morgan fingerprint density at radius 1 is 1.17 bits per heavy atom. The van der Waals surface area contributed by atoms with Crippen LogP contribution < -0.4 is 5.32 Å². The van der Waals surface area contributed by atoms with Crippen LogP contribution in [-0.4, -0.2) is 5.78 Å². The van der Waals surface area contributed by atoms with Gasteiger partial charge in [-0.15, -0.1) is 0 Å². The molecule has 0 bridgehead atoms. The van der Waals surface area contributed by atoms with Gasteiger partial charge in [0.1, 0.15) is 11.6 Å². The Hall–Kier alpha value is -2.48. The lowest BCUT2D eigenvalue weighted by atomic mass is 10.0. The number of hydrogen-bond acceptors (Lipinski definition) is 4. The Balaban J connectivity index is 1.93. The largest absolute Gasteiger partial charge is 0.348 e. The van der Waals surface area contributed by atoms with Crippen LogP contribution in [0.25, 0.3) is 5.70 Å². The van der Waals surface area contributed by atoms with Crippen LogP contribution in [0.5, 0.6) is 0 Å². The minimum absolute atomic E-state index is 0.0629. The average molecular weight is 353 g/mol. The second kappa shape index (κ2) is 6.96. The monoisotopic (exact) mass is 352 g/mol. The number of ketones is 1. The van der Waals surface area contributed by atoms with Gasteiger partial charge in [-0.3, -0.25) is 4.79 Å². The van der Waals surface area contributed by atoms with E-state index in [1.165, 1.54) is 11.8 Å². The maximum Gasteiger partial charge on any atom is 0.207 e. The molecule has 0 aromatic heterocycles. The van der Waals surface area contributed by atoms with Crippen LogP contribution in [-0.2, 0) is 0 Å². The topological polar surface area (TPSA) is 52.9 Å². The van der Waals surface area contributed by atoms with Gasteiger partial charge in [0, 0.05) is 16.5 Å². The quantitative estimate of drug-likeness (QED) is 0.485. The normalized spacial score (nSPS) is 15.3. The Morgan fingerprint density at radius 2 is 1.88 bits per heavy atom. The third-order valence-corrected chi connectivity index (χ3v) is 4.89. The van der Waals surface area contributed by atoms with Gasteiger partial charge in [0.15, 0.2) is 0 Å². The lowest BCUT2D eigenvalue weighted by Crippen LogP contribution is -2.12. The van der Waals surface area contributed by atoms with E-state index in [0.717, 1.165) is 16.8 Å². The van der Waals surface area contributed by atoms with Gasteiger partial charge < -0.3 is 5.32 Å². The number of nitriles is 1. The van der Waals surface area contributed by atoms with Crippen LogP contribution in [0.3, 0.4) is 0 Å². The second-order valence-corrected chi connectivity index (χ2v) is 6.50. The Labute approximate surface area is 149 Å². The zero-order valence-electron chi connectivity index (χ0n) is 12.8. The van der Waals surface area contributed by atoms with Crippen molar-refractivity contribution >= 4 is 34.8 Å². The summed E-state index contributed by atoms with van der Waals surface area (Å²) in [5.41, 5.74) is 3.44. The van der Waals surface area contributed by atoms with Gasteiger partial charge in [0.25, 0.3) is 0 Å². The standard InChI is InChI=1S/C19H13ClN2OS/c1-12-6-2-3-7-13(12)17-11-24-19(22-17)15(10-21)18(23)14-8-4-5-9-16(14)20/h2-9,11,22H,1H3. The minimum atomic E-state index is -0.377. The van der Waals surface area contributed by atoms with Gasteiger partial charge >= 0.3 is 0 Å². The van der Waals surface area contributed by atoms with Gasteiger partial charge in [-0.05, 0) is 24.6 Å². The van der Waals surface area contributed by atoms with E-state index in [0.29, 0.717) is 15.6 Å². The molecule has 0 unspecified atom stereocenters. The molecule has 3 rings (SSSR count). The predicted octanol–water partition coefficient (Wildman–Crippen LogP) is 4.90. The number of benzene rings is 2. The number of hydrogen-bond donors (Lipinski definition) is 1. The first-order valence-corrected chi connectivity index (χ1v) is 8.51. The van der Waals surface area contributed by atoms with Crippen LogP contribution >= 0.6 is 23.4 Å². The zero-order chi connectivity index (χ0) is 17.1. The number of aryl methyl sites for hydroxylation is 1. The highest BCUT2D eigenvalue weighted by atomic mass is 35.5. The van der Waals surface area contributed by atoms with Crippen molar-refractivity contribution in [2.24, 2.45) is 0 Å². The number of rotatable bonds is 3. The maximum absolute atomic E-state index is 12.7. The molecule has 0 atom stereocenters. The summed E-state index contributed by atoms with van der Waals surface area (Å²) >= 11 is 7.41. The highest BCUT2D eigenvalue weighted by Gasteiger charge is 2.23. The van der Waals surface area contributed by atoms with Crippen molar-refractivity contribution in [3.8, 4) is 6.07 Å². The first-order valence-electron chi connectivity index (χ1n) is 7.25. The van der Waals surface area contributed by atoms with Gasteiger partial charge in [-0.25, -0.2) is 0 Å². The van der Waals surface area contributed by atoms with Gasteiger partial charge in [0.05, 0.1) is 15.7 Å². The number of halogens is 1. The number of nitrogens with one attached hydrogen (secondary N) is 1. The number of thioether (sulfide) groups is 1. The van der Waals surface area contributed by atoms with Crippen LogP contribution in [0.1, 0.15) is 21.5 Å². The molecule has 118 valence electrons. The molecule has 2 aromatic carbocycles. The fourth-order valence-corrected chi connectivity index (χ4v) is 3.48. The number of carbonyl (C=O) groups excluding carboxylic acids is 1. The molecule has 0 fully saturated rings. The molecule has 0 spiro atoms. The summed E-state index contributed by atoms with van der Waals surface area (Å²) in [5, 5.41) is 15.4. The molecule has 3 nitrogen and oxygen atoms in total. The second-order valence-electron chi connectivity index (χ2n) is 5.21. The molecule has 5 heteroatoms. The smallest absolute Gasteiger partial charge is 0.207 e. The van der Waals surface area contributed by atoms with E-state index in [9.17, 15) is 10.1 Å². The SMILES string of the molecule is Cc1ccccc1C1=CSC(=C(C#N)C(=O)c2ccccc2Cl)N1. The van der Waals surface area contributed by atoms with Crippen molar-refractivity contribution in [3.05, 3.63) is 86.3 Å². The molecule has 1 aliphatic heterocycles. The van der Waals surface area contributed by atoms with Gasteiger partial charge in [0.2, 0.25) is 5.78 Å². The minimum Gasteiger partial charge on any atom is -0.348 e. The van der Waals surface area contributed by atoms with E-state index in [2.05, 4.69) is 5.32 Å². The van der Waals surface area contributed by atoms with Crippen LogP contribution in [0.4, 0.5) is 0 Å². The Kier molecular flexibility index (Phi) is 4.75. The van der Waals surface area contributed by atoms with Crippen molar-refractivity contribution in [2.75, 3.05) is 0 Å². The highest BCUT2D eigenvalue weighted by Crippen LogP contribution is 2.34. The molecular weight excluding hydrogens is 340 g/mol. The molecule has 0 aliphatic carbocycles. The summed E-state index contributed by atoms with van der Waals surface area (Å²) in [6.07, 6.45) is 0. The van der Waals surface area contributed by atoms with E-state index < -0.39 is 0 Å². The third kappa shape index (κ3) is 3.09. The molecule has 1 heterocycles. The van der Waals surface area contributed by atoms with Crippen molar-refractivity contribution in [1.82, 2.24) is 5.32 Å². The average Bonchev–Trinajstić information content (AvgIpc) is 3.05. The molecule has 24 heavy (non-hydrogen) atoms. The Bertz CT molecular complexity index is 925. The third-order valence-electron chi connectivity index (χ3n) is 3.66. The van der Waals surface area contributed by atoms with E-state index in [-0.39, 0.29) is 11.4 Å². The first-order chi connectivity index (χ1) is 11.6.